The zero-order chi connectivity index (χ0) is 11.5. The molecule has 0 fully saturated rings. The van der Waals surface area contributed by atoms with E-state index in [9.17, 15) is 0 Å². The largest absolute Gasteiger partial charge is 0.265 e. The average Bonchev–Trinajstić information content (AvgIpc) is 2.25. The maximum atomic E-state index is 4.05. The first-order valence-corrected chi connectivity index (χ1v) is 5.62. The summed E-state index contributed by atoms with van der Waals surface area (Å²) in [5.74, 6) is 0. The van der Waals surface area contributed by atoms with Gasteiger partial charge in [-0.05, 0) is 61.6 Å². The number of pyridine rings is 1. The second-order valence-electron chi connectivity index (χ2n) is 4.41. The molecule has 0 N–H and O–H groups in total. The van der Waals surface area contributed by atoms with Gasteiger partial charge in [-0.25, -0.2) is 0 Å². The number of benzene rings is 1. The number of nitrogens with zero attached hydrogens (tertiary/aromatic N) is 1. The highest BCUT2D eigenvalue weighted by Gasteiger charge is 2.04. The third-order valence-electron chi connectivity index (χ3n) is 2.97. The Morgan fingerprint density at radius 2 is 1.50 bits per heavy atom. The Morgan fingerprint density at radius 1 is 0.938 bits per heavy atom. The van der Waals surface area contributed by atoms with Crippen LogP contribution in [0.4, 0.5) is 0 Å². The van der Waals surface area contributed by atoms with Crippen molar-refractivity contribution in [2.24, 2.45) is 0 Å². The fourth-order valence-corrected chi connectivity index (χ4v) is 2.19. The van der Waals surface area contributed by atoms with Crippen LogP contribution in [0.5, 0.6) is 0 Å². The van der Waals surface area contributed by atoms with Crippen molar-refractivity contribution < 1.29 is 0 Å². The van der Waals surface area contributed by atoms with E-state index >= 15 is 0 Å². The third kappa shape index (κ3) is 2.30. The minimum absolute atomic E-state index is 1.00. The van der Waals surface area contributed by atoms with Crippen LogP contribution in [-0.4, -0.2) is 4.98 Å². The van der Waals surface area contributed by atoms with Crippen LogP contribution >= 0.6 is 0 Å². The number of rotatable bonds is 2. The van der Waals surface area contributed by atoms with Crippen molar-refractivity contribution in [3.63, 3.8) is 0 Å². The fraction of sp³-hybridized carbons (Fsp3) is 0.267. The van der Waals surface area contributed by atoms with Crippen LogP contribution in [-0.2, 0) is 6.42 Å². The van der Waals surface area contributed by atoms with Gasteiger partial charge in [0.15, 0.2) is 0 Å². The molecule has 0 unspecified atom stereocenters. The highest BCUT2D eigenvalue weighted by Crippen LogP contribution is 2.19. The van der Waals surface area contributed by atoms with Crippen LogP contribution in [0, 0.1) is 20.8 Å². The summed E-state index contributed by atoms with van der Waals surface area (Å²) in [6.07, 6.45) is 4.71. The molecule has 0 aliphatic heterocycles. The van der Waals surface area contributed by atoms with Crippen LogP contribution in [0.25, 0.3) is 0 Å². The molecule has 1 aromatic carbocycles. The van der Waals surface area contributed by atoms with Crippen LogP contribution < -0.4 is 0 Å². The highest BCUT2D eigenvalue weighted by atomic mass is 14.6. The summed E-state index contributed by atoms with van der Waals surface area (Å²) in [7, 11) is 0. The van der Waals surface area contributed by atoms with Crippen LogP contribution in [0.15, 0.2) is 36.7 Å². The summed E-state index contributed by atoms with van der Waals surface area (Å²) < 4.78 is 0. The van der Waals surface area contributed by atoms with Gasteiger partial charge in [-0.15, -0.1) is 0 Å². The molecule has 0 spiro atoms. The summed E-state index contributed by atoms with van der Waals surface area (Å²) in [6, 6.07) is 8.67. The molecule has 2 aromatic rings. The molecule has 16 heavy (non-hydrogen) atoms. The molecule has 0 bridgehead atoms. The van der Waals surface area contributed by atoms with Crippen molar-refractivity contribution in [2.75, 3.05) is 0 Å². The van der Waals surface area contributed by atoms with E-state index in [0.29, 0.717) is 0 Å². The smallest absolute Gasteiger partial charge is 0.0270 e. The number of aromatic nitrogens is 1. The number of aryl methyl sites for hydroxylation is 3. The lowest BCUT2D eigenvalue weighted by molar-refractivity contribution is 1.10. The molecular weight excluding hydrogens is 194 g/mol. The van der Waals surface area contributed by atoms with Crippen molar-refractivity contribution in [3.8, 4) is 0 Å². The minimum atomic E-state index is 1.00. The number of hydrogen-bond donors (Lipinski definition) is 0. The van der Waals surface area contributed by atoms with E-state index in [1.54, 1.807) is 0 Å². The normalized spacial score (nSPS) is 10.4. The molecule has 0 radical (unpaired) electrons. The summed E-state index contributed by atoms with van der Waals surface area (Å²) in [5, 5.41) is 0. The SMILES string of the molecule is Cc1cc(C)c(Cc2ccncc2)c(C)c1. The predicted octanol–water partition coefficient (Wildman–Crippen LogP) is 3.60. The van der Waals surface area contributed by atoms with E-state index in [2.05, 4.69) is 50.0 Å². The van der Waals surface area contributed by atoms with Gasteiger partial charge in [-0.1, -0.05) is 17.7 Å². The van der Waals surface area contributed by atoms with Crippen LogP contribution in [0.3, 0.4) is 0 Å². The minimum Gasteiger partial charge on any atom is -0.265 e. The molecule has 1 aromatic heterocycles. The Kier molecular flexibility index (Phi) is 3.04. The predicted molar refractivity (Wildman–Crippen MR) is 67.7 cm³/mol. The van der Waals surface area contributed by atoms with E-state index in [1.165, 1.54) is 27.8 Å². The van der Waals surface area contributed by atoms with E-state index in [0.717, 1.165) is 6.42 Å². The van der Waals surface area contributed by atoms with Crippen molar-refractivity contribution in [3.05, 3.63) is 64.5 Å². The first-order valence-electron chi connectivity index (χ1n) is 5.62. The maximum absolute atomic E-state index is 4.05. The Hall–Kier alpha value is -1.63. The molecule has 82 valence electrons. The molecule has 0 saturated carbocycles. The fourth-order valence-electron chi connectivity index (χ4n) is 2.19. The van der Waals surface area contributed by atoms with Gasteiger partial charge in [0.25, 0.3) is 0 Å². The van der Waals surface area contributed by atoms with E-state index in [1.807, 2.05) is 12.4 Å². The summed E-state index contributed by atoms with van der Waals surface area (Å²) >= 11 is 0. The van der Waals surface area contributed by atoms with Gasteiger partial charge in [0.05, 0.1) is 0 Å². The zero-order valence-electron chi connectivity index (χ0n) is 10.1. The number of hydrogen-bond acceptors (Lipinski definition) is 1. The molecule has 0 aliphatic rings. The molecule has 0 atom stereocenters. The van der Waals surface area contributed by atoms with Gasteiger partial charge in [0.2, 0.25) is 0 Å². The molecule has 1 nitrogen and oxygen atoms in total. The van der Waals surface area contributed by atoms with Gasteiger partial charge in [0, 0.05) is 12.4 Å². The Morgan fingerprint density at radius 3 is 2.06 bits per heavy atom. The lowest BCUT2D eigenvalue weighted by Crippen LogP contribution is -1.96. The third-order valence-corrected chi connectivity index (χ3v) is 2.97. The zero-order valence-corrected chi connectivity index (χ0v) is 10.1. The molecule has 0 amide bonds. The second kappa shape index (κ2) is 4.48. The first kappa shape index (κ1) is 10.9. The van der Waals surface area contributed by atoms with Crippen molar-refractivity contribution in [1.82, 2.24) is 4.98 Å². The Balaban J connectivity index is 2.35. The van der Waals surface area contributed by atoms with Gasteiger partial charge in [-0.2, -0.15) is 0 Å². The molecule has 1 heterocycles. The van der Waals surface area contributed by atoms with Gasteiger partial charge >= 0.3 is 0 Å². The molecule has 1 heteroatoms. The topological polar surface area (TPSA) is 12.9 Å². The molecule has 0 saturated heterocycles. The highest BCUT2D eigenvalue weighted by molar-refractivity contribution is 5.40. The van der Waals surface area contributed by atoms with Gasteiger partial charge in [0.1, 0.15) is 0 Å². The molecule has 2 rings (SSSR count). The van der Waals surface area contributed by atoms with E-state index < -0.39 is 0 Å². The lowest BCUT2D eigenvalue weighted by atomic mass is 9.95. The lowest BCUT2D eigenvalue weighted by Gasteiger charge is -2.11. The van der Waals surface area contributed by atoms with Crippen molar-refractivity contribution >= 4 is 0 Å². The summed E-state index contributed by atoms with van der Waals surface area (Å²) in [5.41, 5.74) is 6.87. The first-order chi connectivity index (χ1) is 7.66. The van der Waals surface area contributed by atoms with E-state index in [-0.39, 0.29) is 0 Å². The van der Waals surface area contributed by atoms with Gasteiger partial charge < -0.3 is 0 Å². The monoisotopic (exact) mass is 211 g/mol. The molecule has 0 aliphatic carbocycles. The van der Waals surface area contributed by atoms with Gasteiger partial charge in [-0.3, -0.25) is 4.98 Å². The Bertz CT molecular complexity index is 463. The standard InChI is InChI=1S/C15H17N/c1-11-8-12(2)15(13(3)9-11)10-14-4-6-16-7-5-14/h4-9H,10H2,1-3H3. The van der Waals surface area contributed by atoms with Crippen LogP contribution in [0.2, 0.25) is 0 Å². The van der Waals surface area contributed by atoms with Crippen LogP contribution in [0.1, 0.15) is 27.8 Å². The average molecular weight is 211 g/mol. The summed E-state index contributed by atoms with van der Waals surface area (Å²) in [4.78, 5) is 4.05. The van der Waals surface area contributed by atoms with Crippen molar-refractivity contribution in [2.45, 2.75) is 27.2 Å². The molecular formula is C15H17N. The van der Waals surface area contributed by atoms with E-state index in [4.69, 9.17) is 0 Å². The van der Waals surface area contributed by atoms with Crippen molar-refractivity contribution in [1.29, 1.82) is 0 Å². The second-order valence-corrected chi connectivity index (χ2v) is 4.41. The Labute approximate surface area is 97.2 Å². The summed E-state index contributed by atoms with van der Waals surface area (Å²) in [6.45, 7) is 6.53. The quantitative estimate of drug-likeness (QED) is 0.739. The maximum Gasteiger partial charge on any atom is 0.0270 e.